The van der Waals surface area contributed by atoms with Crippen molar-refractivity contribution in [2.24, 2.45) is 0 Å². The zero-order valence-electron chi connectivity index (χ0n) is 8.25. The number of benzene rings is 1. The first-order valence-corrected chi connectivity index (χ1v) is 6.17. The Labute approximate surface area is 106 Å². The quantitative estimate of drug-likeness (QED) is 0.747. The van der Waals surface area contributed by atoms with E-state index < -0.39 is 0 Å². The first kappa shape index (κ1) is 11.6. The third-order valence-corrected chi connectivity index (χ3v) is 2.99. The van der Waals surface area contributed by atoms with Crippen molar-refractivity contribution in [3.05, 3.63) is 52.9 Å². The van der Waals surface area contributed by atoms with Gasteiger partial charge in [-0.15, -0.1) is 0 Å². The number of aromatic nitrogens is 1. The minimum Gasteiger partial charge on any atom is -0.254 e. The van der Waals surface area contributed by atoms with Gasteiger partial charge in [-0.05, 0) is 23.8 Å². The van der Waals surface area contributed by atoms with Crippen LogP contribution in [-0.4, -0.2) is 4.98 Å². The number of nitrogens with zero attached hydrogens (tertiary/aromatic N) is 1. The van der Waals surface area contributed by atoms with Crippen LogP contribution < -0.4 is 0 Å². The van der Waals surface area contributed by atoms with Gasteiger partial charge in [-0.2, -0.15) is 0 Å². The summed E-state index contributed by atoms with van der Waals surface area (Å²) in [6, 6.07) is 8.18. The third kappa shape index (κ3) is 2.42. The number of pyridine rings is 1. The number of hydrogen-bond donors (Lipinski definition) is 0. The van der Waals surface area contributed by atoms with Crippen LogP contribution in [0.15, 0.2) is 36.5 Å². The first-order chi connectivity index (χ1) is 7.70. The molecule has 0 unspecified atom stereocenters. The van der Waals surface area contributed by atoms with Crippen molar-refractivity contribution in [2.75, 3.05) is 0 Å². The zero-order chi connectivity index (χ0) is 11.5. The summed E-state index contributed by atoms with van der Waals surface area (Å²) in [6.45, 7) is 0. The van der Waals surface area contributed by atoms with Gasteiger partial charge in [-0.3, -0.25) is 4.98 Å². The van der Waals surface area contributed by atoms with Gasteiger partial charge in [0.1, 0.15) is 5.82 Å². The van der Waals surface area contributed by atoms with Crippen molar-refractivity contribution < 1.29 is 4.39 Å². The van der Waals surface area contributed by atoms with Gasteiger partial charge in [0.15, 0.2) is 0 Å². The predicted octanol–water partition coefficient (Wildman–Crippen LogP) is 4.44. The summed E-state index contributed by atoms with van der Waals surface area (Å²) in [6.07, 6.45) is 1.56. The largest absolute Gasteiger partial charge is 0.254 e. The van der Waals surface area contributed by atoms with Crippen molar-refractivity contribution >= 4 is 27.5 Å². The molecular formula is C12H8BrClFN. The van der Waals surface area contributed by atoms with E-state index in [2.05, 4.69) is 20.9 Å². The molecule has 16 heavy (non-hydrogen) atoms. The van der Waals surface area contributed by atoms with E-state index in [-0.39, 0.29) is 5.82 Å². The van der Waals surface area contributed by atoms with Crippen LogP contribution in [-0.2, 0) is 5.33 Å². The van der Waals surface area contributed by atoms with Crippen LogP contribution in [0.5, 0.6) is 0 Å². The number of alkyl halides is 1. The Hall–Kier alpha value is -0.930. The molecule has 0 fully saturated rings. The molecule has 0 amide bonds. The highest BCUT2D eigenvalue weighted by atomic mass is 79.9. The summed E-state index contributed by atoms with van der Waals surface area (Å²) in [5.41, 5.74) is 2.45. The molecule has 2 rings (SSSR count). The summed E-state index contributed by atoms with van der Waals surface area (Å²) >= 11 is 9.22. The normalized spacial score (nSPS) is 10.4. The van der Waals surface area contributed by atoms with Crippen molar-refractivity contribution in [3.8, 4) is 11.3 Å². The summed E-state index contributed by atoms with van der Waals surface area (Å²) in [4.78, 5) is 4.23. The Kier molecular flexibility index (Phi) is 3.56. The fraction of sp³-hybridized carbons (Fsp3) is 0.0833. The number of rotatable bonds is 2. The van der Waals surface area contributed by atoms with Crippen molar-refractivity contribution in [2.45, 2.75) is 5.33 Å². The zero-order valence-corrected chi connectivity index (χ0v) is 10.6. The van der Waals surface area contributed by atoms with Crippen molar-refractivity contribution in [3.63, 3.8) is 0 Å². The smallest absolute Gasteiger partial charge is 0.123 e. The lowest BCUT2D eigenvalue weighted by molar-refractivity contribution is 0.628. The molecule has 4 heteroatoms. The molecule has 0 saturated heterocycles. The summed E-state index contributed by atoms with van der Waals surface area (Å²) in [7, 11) is 0. The van der Waals surface area contributed by atoms with Gasteiger partial charge >= 0.3 is 0 Å². The maximum Gasteiger partial charge on any atom is 0.123 e. The van der Waals surface area contributed by atoms with Crippen LogP contribution in [0.4, 0.5) is 4.39 Å². The monoisotopic (exact) mass is 299 g/mol. The van der Waals surface area contributed by atoms with Crippen LogP contribution in [0.3, 0.4) is 0 Å². The molecule has 1 aromatic heterocycles. The highest BCUT2D eigenvalue weighted by Crippen LogP contribution is 2.25. The Bertz CT molecular complexity index is 516. The van der Waals surface area contributed by atoms with Crippen molar-refractivity contribution in [1.82, 2.24) is 4.98 Å². The lowest BCUT2D eigenvalue weighted by atomic mass is 10.1. The van der Waals surface area contributed by atoms with Gasteiger partial charge in [-0.25, -0.2) is 4.39 Å². The van der Waals surface area contributed by atoms with Crippen LogP contribution in [0.2, 0.25) is 5.02 Å². The fourth-order valence-electron chi connectivity index (χ4n) is 1.48. The van der Waals surface area contributed by atoms with Gasteiger partial charge in [-0.1, -0.05) is 39.7 Å². The van der Waals surface area contributed by atoms with E-state index in [1.165, 1.54) is 12.1 Å². The van der Waals surface area contributed by atoms with Crippen LogP contribution in [0, 0.1) is 5.82 Å². The molecule has 0 radical (unpaired) electrons. The molecule has 0 aliphatic rings. The average molecular weight is 301 g/mol. The minimum absolute atomic E-state index is 0.269. The molecule has 0 atom stereocenters. The highest BCUT2D eigenvalue weighted by molar-refractivity contribution is 9.08. The summed E-state index contributed by atoms with van der Waals surface area (Å²) in [5.74, 6) is -0.269. The second-order valence-electron chi connectivity index (χ2n) is 3.31. The van der Waals surface area contributed by atoms with E-state index >= 15 is 0 Å². The average Bonchev–Trinajstić information content (AvgIpc) is 2.28. The molecule has 1 aromatic carbocycles. The van der Waals surface area contributed by atoms with Gasteiger partial charge in [0, 0.05) is 17.1 Å². The molecule has 0 spiro atoms. The predicted molar refractivity (Wildman–Crippen MR) is 67.3 cm³/mol. The van der Waals surface area contributed by atoms with Crippen LogP contribution in [0.1, 0.15) is 5.56 Å². The standard InChI is InChI=1S/C12H8BrClFN/c13-6-9-4-10(14)7-16-12(9)8-2-1-3-11(15)5-8/h1-5,7H,6H2. The van der Waals surface area contributed by atoms with Crippen LogP contribution in [0.25, 0.3) is 11.3 Å². The molecule has 1 heterocycles. The molecule has 0 bridgehead atoms. The molecule has 0 aliphatic carbocycles. The molecule has 0 saturated carbocycles. The molecule has 2 aromatic rings. The Morgan fingerprint density at radius 1 is 1.31 bits per heavy atom. The topological polar surface area (TPSA) is 12.9 Å². The SMILES string of the molecule is Fc1cccc(-c2ncc(Cl)cc2CBr)c1. The molecular weight excluding hydrogens is 292 g/mol. The van der Waals surface area contributed by atoms with E-state index in [0.717, 1.165) is 16.8 Å². The lowest BCUT2D eigenvalue weighted by Crippen LogP contribution is -1.91. The Morgan fingerprint density at radius 2 is 2.12 bits per heavy atom. The number of halogens is 3. The lowest BCUT2D eigenvalue weighted by Gasteiger charge is -2.06. The Balaban J connectivity index is 2.55. The maximum absolute atomic E-state index is 13.1. The summed E-state index contributed by atoms with van der Waals surface area (Å²) < 4.78 is 13.1. The Morgan fingerprint density at radius 3 is 2.81 bits per heavy atom. The maximum atomic E-state index is 13.1. The van der Waals surface area contributed by atoms with E-state index in [9.17, 15) is 4.39 Å². The van der Waals surface area contributed by atoms with Crippen LogP contribution >= 0.6 is 27.5 Å². The third-order valence-electron chi connectivity index (χ3n) is 2.18. The van der Waals surface area contributed by atoms with Gasteiger partial charge < -0.3 is 0 Å². The highest BCUT2D eigenvalue weighted by Gasteiger charge is 2.07. The van der Waals surface area contributed by atoms with Gasteiger partial charge in [0.25, 0.3) is 0 Å². The molecule has 82 valence electrons. The first-order valence-electron chi connectivity index (χ1n) is 4.67. The fourth-order valence-corrected chi connectivity index (χ4v) is 2.09. The van der Waals surface area contributed by atoms with E-state index in [1.54, 1.807) is 12.3 Å². The number of hydrogen-bond acceptors (Lipinski definition) is 1. The molecule has 0 N–H and O–H groups in total. The van der Waals surface area contributed by atoms with E-state index in [0.29, 0.717) is 10.4 Å². The molecule has 0 aliphatic heterocycles. The summed E-state index contributed by atoms with van der Waals surface area (Å²) in [5, 5.41) is 1.21. The second-order valence-corrected chi connectivity index (χ2v) is 4.30. The van der Waals surface area contributed by atoms with E-state index in [4.69, 9.17) is 11.6 Å². The molecule has 1 nitrogen and oxygen atoms in total. The second kappa shape index (κ2) is 4.93. The van der Waals surface area contributed by atoms with Gasteiger partial charge in [0.2, 0.25) is 0 Å². The van der Waals surface area contributed by atoms with Crippen molar-refractivity contribution in [1.29, 1.82) is 0 Å². The minimum atomic E-state index is -0.269. The van der Waals surface area contributed by atoms with Gasteiger partial charge in [0.05, 0.1) is 10.7 Å². The van der Waals surface area contributed by atoms with E-state index in [1.807, 2.05) is 12.1 Å².